The standard InChI is InChI=1S/C18H37N5O3.HI/c1-7-14(3)23-15(24)10-13-21-16(19-8-2)20-11-9-12-22-17(25)26-18(4,5)6;/h14H,7-13H2,1-6H3,(H,22,25)(H,23,24)(H2,19,20,21);1H. The van der Waals surface area contributed by atoms with Crippen LogP contribution in [-0.2, 0) is 9.53 Å². The van der Waals surface area contributed by atoms with Crippen LogP contribution in [0.25, 0.3) is 0 Å². The molecule has 0 aromatic carbocycles. The van der Waals surface area contributed by atoms with Crippen molar-refractivity contribution in [1.29, 1.82) is 0 Å². The van der Waals surface area contributed by atoms with Gasteiger partial charge in [-0.15, -0.1) is 24.0 Å². The first-order chi connectivity index (χ1) is 12.2. The fraction of sp³-hybridized carbons (Fsp3) is 0.833. The fourth-order valence-corrected chi connectivity index (χ4v) is 1.86. The molecular weight excluding hydrogens is 461 g/mol. The topological polar surface area (TPSA) is 104 Å². The van der Waals surface area contributed by atoms with Crippen molar-refractivity contribution in [2.75, 3.05) is 26.2 Å². The van der Waals surface area contributed by atoms with E-state index in [9.17, 15) is 9.59 Å². The second kappa shape index (κ2) is 15.8. The maximum Gasteiger partial charge on any atom is 0.407 e. The van der Waals surface area contributed by atoms with Gasteiger partial charge in [0.05, 0.1) is 0 Å². The highest BCUT2D eigenvalue weighted by molar-refractivity contribution is 14.0. The minimum atomic E-state index is -0.494. The van der Waals surface area contributed by atoms with Crippen LogP contribution in [0.2, 0.25) is 0 Å². The van der Waals surface area contributed by atoms with Crippen molar-refractivity contribution in [3.63, 3.8) is 0 Å². The Morgan fingerprint density at radius 1 is 1.07 bits per heavy atom. The van der Waals surface area contributed by atoms with Crippen LogP contribution in [0.1, 0.15) is 60.8 Å². The largest absolute Gasteiger partial charge is 0.444 e. The average Bonchev–Trinajstić information content (AvgIpc) is 2.52. The summed E-state index contributed by atoms with van der Waals surface area (Å²) in [5.41, 5.74) is -0.494. The Morgan fingerprint density at radius 2 is 1.74 bits per heavy atom. The second-order valence-corrected chi connectivity index (χ2v) is 7.10. The van der Waals surface area contributed by atoms with Crippen molar-refractivity contribution in [3.8, 4) is 0 Å². The normalized spacial score (nSPS) is 12.4. The summed E-state index contributed by atoms with van der Waals surface area (Å²) < 4.78 is 5.17. The van der Waals surface area contributed by atoms with E-state index >= 15 is 0 Å². The summed E-state index contributed by atoms with van der Waals surface area (Å²) in [6, 6.07) is 0.196. The van der Waals surface area contributed by atoms with Gasteiger partial charge in [0.15, 0.2) is 5.96 Å². The number of hydrogen-bond donors (Lipinski definition) is 4. The first kappa shape index (κ1) is 28.0. The molecule has 0 fully saturated rings. The van der Waals surface area contributed by atoms with Crippen LogP contribution in [0.5, 0.6) is 0 Å². The number of rotatable bonds is 10. The predicted molar refractivity (Wildman–Crippen MR) is 121 cm³/mol. The number of halogens is 1. The SMILES string of the molecule is CCNC(=NCCCNC(=O)OC(C)(C)C)NCCC(=O)NC(C)CC.I. The lowest BCUT2D eigenvalue weighted by Crippen LogP contribution is -2.40. The molecule has 0 aromatic heterocycles. The van der Waals surface area contributed by atoms with Crippen LogP contribution >= 0.6 is 24.0 Å². The second-order valence-electron chi connectivity index (χ2n) is 7.10. The zero-order valence-corrected chi connectivity index (χ0v) is 19.9. The van der Waals surface area contributed by atoms with Gasteiger partial charge in [-0.05, 0) is 47.5 Å². The van der Waals surface area contributed by atoms with E-state index in [4.69, 9.17) is 4.74 Å². The van der Waals surface area contributed by atoms with Crippen LogP contribution in [0.3, 0.4) is 0 Å². The number of aliphatic imine (C=N–C) groups is 1. The predicted octanol–water partition coefficient (Wildman–Crippen LogP) is 2.38. The average molecular weight is 499 g/mol. The summed E-state index contributed by atoms with van der Waals surface area (Å²) in [7, 11) is 0. The van der Waals surface area contributed by atoms with E-state index in [0.29, 0.717) is 38.4 Å². The lowest BCUT2D eigenvalue weighted by atomic mass is 10.2. The van der Waals surface area contributed by atoms with Crippen LogP contribution in [0, 0.1) is 0 Å². The van der Waals surface area contributed by atoms with Crippen molar-refractivity contribution in [2.24, 2.45) is 4.99 Å². The molecule has 0 bridgehead atoms. The van der Waals surface area contributed by atoms with Gasteiger partial charge in [-0.1, -0.05) is 6.92 Å². The number of nitrogens with one attached hydrogen (secondary N) is 4. The van der Waals surface area contributed by atoms with Crippen molar-refractivity contribution >= 4 is 41.9 Å². The highest BCUT2D eigenvalue weighted by Crippen LogP contribution is 2.06. The Morgan fingerprint density at radius 3 is 2.30 bits per heavy atom. The number of carbonyl (C=O) groups is 2. The minimum absolute atomic E-state index is 0. The van der Waals surface area contributed by atoms with Gasteiger partial charge < -0.3 is 26.0 Å². The third kappa shape index (κ3) is 17.9. The van der Waals surface area contributed by atoms with Gasteiger partial charge in [-0.2, -0.15) is 0 Å². The van der Waals surface area contributed by atoms with Crippen molar-refractivity contribution in [1.82, 2.24) is 21.3 Å². The molecule has 0 aliphatic heterocycles. The molecule has 0 spiro atoms. The molecule has 27 heavy (non-hydrogen) atoms. The van der Waals surface area contributed by atoms with Gasteiger partial charge in [-0.3, -0.25) is 9.79 Å². The molecule has 0 radical (unpaired) electrons. The van der Waals surface area contributed by atoms with Gasteiger partial charge in [0.25, 0.3) is 0 Å². The van der Waals surface area contributed by atoms with Crippen molar-refractivity contribution in [3.05, 3.63) is 0 Å². The molecule has 160 valence electrons. The van der Waals surface area contributed by atoms with E-state index in [1.165, 1.54) is 0 Å². The van der Waals surface area contributed by atoms with Gasteiger partial charge in [0.2, 0.25) is 5.91 Å². The van der Waals surface area contributed by atoms with Crippen LogP contribution < -0.4 is 21.3 Å². The molecule has 0 aliphatic rings. The van der Waals surface area contributed by atoms with Crippen molar-refractivity contribution < 1.29 is 14.3 Å². The molecule has 0 saturated heterocycles. The Balaban J connectivity index is 0. The van der Waals surface area contributed by atoms with Crippen LogP contribution in [-0.4, -0.2) is 55.8 Å². The molecule has 0 saturated carbocycles. The number of guanidine groups is 1. The number of alkyl carbamates (subject to hydrolysis) is 1. The summed E-state index contributed by atoms with van der Waals surface area (Å²) in [6.45, 7) is 13.8. The van der Waals surface area contributed by atoms with E-state index in [2.05, 4.69) is 26.3 Å². The lowest BCUT2D eigenvalue weighted by Gasteiger charge is -2.19. The van der Waals surface area contributed by atoms with E-state index in [1.54, 1.807) is 0 Å². The third-order valence-electron chi connectivity index (χ3n) is 3.28. The summed E-state index contributed by atoms with van der Waals surface area (Å²) >= 11 is 0. The molecular formula is C18H38IN5O3. The van der Waals surface area contributed by atoms with Gasteiger partial charge in [-0.25, -0.2) is 4.79 Å². The van der Waals surface area contributed by atoms with Gasteiger partial charge in [0.1, 0.15) is 5.60 Å². The smallest absolute Gasteiger partial charge is 0.407 e. The number of nitrogens with zero attached hydrogens (tertiary/aromatic N) is 1. The first-order valence-corrected chi connectivity index (χ1v) is 9.46. The Bertz CT molecular complexity index is 453. The van der Waals surface area contributed by atoms with E-state index in [1.807, 2.05) is 41.5 Å². The molecule has 0 aliphatic carbocycles. The zero-order chi connectivity index (χ0) is 20.0. The molecule has 8 nitrogen and oxygen atoms in total. The molecule has 4 N–H and O–H groups in total. The number of amides is 2. The van der Waals surface area contributed by atoms with Crippen molar-refractivity contribution in [2.45, 2.75) is 72.4 Å². The number of hydrogen-bond acceptors (Lipinski definition) is 4. The molecule has 0 heterocycles. The fourth-order valence-electron chi connectivity index (χ4n) is 1.86. The van der Waals surface area contributed by atoms with E-state index < -0.39 is 11.7 Å². The number of ether oxygens (including phenoxy) is 1. The summed E-state index contributed by atoms with van der Waals surface area (Å²) in [6.07, 6.45) is 1.60. The third-order valence-corrected chi connectivity index (χ3v) is 3.28. The molecule has 1 atom stereocenters. The first-order valence-electron chi connectivity index (χ1n) is 9.46. The Labute approximate surface area is 181 Å². The monoisotopic (exact) mass is 499 g/mol. The van der Waals surface area contributed by atoms with Gasteiger partial charge in [0, 0.05) is 38.6 Å². The minimum Gasteiger partial charge on any atom is -0.444 e. The van der Waals surface area contributed by atoms with Crippen LogP contribution in [0.15, 0.2) is 4.99 Å². The van der Waals surface area contributed by atoms with E-state index in [-0.39, 0.29) is 35.9 Å². The summed E-state index contributed by atoms with van der Waals surface area (Å²) in [4.78, 5) is 27.7. The number of carbonyl (C=O) groups excluding carboxylic acids is 2. The highest BCUT2D eigenvalue weighted by atomic mass is 127. The Kier molecular flexibility index (Phi) is 16.3. The summed E-state index contributed by atoms with van der Waals surface area (Å²) in [5, 5.41) is 11.9. The highest BCUT2D eigenvalue weighted by Gasteiger charge is 2.15. The molecule has 9 heteroatoms. The van der Waals surface area contributed by atoms with Gasteiger partial charge >= 0.3 is 6.09 Å². The van der Waals surface area contributed by atoms with E-state index in [0.717, 1.165) is 13.0 Å². The Hall–Kier alpha value is -1.26. The maximum absolute atomic E-state index is 11.8. The molecule has 0 aromatic rings. The quantitative estimate of drug-likeness (QED) is 0.160. The molecule has 2 amide bonds. The molecule has 0 rings (SSSR count). The zero-order valence-electron chi connectivity index (χ0n) is 17.6. The maximum atomic E-state index is 11.8. The summed E-state index contributed by atoms with van der Waals surface area (Å²) in [5.74, 6) is 0.699. The molecule has 1 unspecified atom stereocenters. The van der Waals surface area contributed by atoms with Crippen LogP contribution in [0.4, 0.5) is 4.79 Å². The lowest BCUT2D eigenvalue weighted by molar-refractivity contribution is -0.121.